The lowest BCUT2D eigenvalue weighted by Gasteiger charge is -2.31. The van der Waals surface area contributed by atoms with Crippen LogP contribution in [0.3, 0.4) is 0 Å². The van der Waals surface area contributed by atoms with E-state index < -0.39 is 27.8 Å². The minimum absolute atomic E-state index is 0.0413. The minimum Gasteiger partial charge on any atom is -0.507 e. The van der Waals surface area contributed by atoms with Crippen LogP contribution in [-0.2, 0) is 24.3 Å². The molecule has 198 valence electrons. The van der Waals surface area contributed by atoms with Crippen molar-refractivity contribution in [3.8, 4) is 5.75 Å². The highest BCUT2D eigenvalue weighted by Crippen LogP contribution is 2.39. The number of morpholine rings is 1. The van der Waals surface area contributed by atoms with Gasteiger partial charge in [-0.25, -0.2) is 12.7 Å². The topological polar surface area (TPSA) is 117 Å². The second kappa shape index (κ2) is 11.0. The molecule has 0 spiro atoms. The van der Waals surface area contributed by atoms with E-state index in [1.54, 1.807) is 31.4 Å². The highest BCUT2D eigenvalue weighted by atomic mass is 32.2. The van der Waals surface area contributed by atoms with Crippen LogP contribution in [0.15, 0.2) is 59.0 Å². The lowest BCUT2D eigenvalue weighted by Crippen LogP contribution is -2.42. The van der Waals surface area contributed by atoms with Crippen LogP contribution in [0.25, 0.3) is 5.76 Å². The molecule has 0 saturated carbocycles. The van der Waals surface area contributed by atoms with Crippen LogP contribution < -0.4 is 4.74 Å². The summed E-state index contributed by atoms with van der Waals surface area (Å²) in [5, 5.41) is 11.2. The van der Waals surface area contributed by atoms with Crippen molar-refractivity contribution >= 4 is 27.5 Å². The summed E-state index contributed by atoms with van der Waals surface area (Å²) in [5.74, 6) is -1.22. The Hall–Kier alpha value is -3.25. The average molecular weight is 530 g/mol. The number of carbonyl (C=O) groups excluding carboxylic acids is 2. The van der Waals surface area contributed by atoms with Gasteiger partial charge in [0, 0.05) is 45.8 Å². The van der Waals surface area contributed by atoms with Crippen molar-refractivity contribution in [1.82, 2.24) is 14.1 Å². The fourth-order valence-corrected chi connectivity index (χ4v) is 5.37. The quantitative estimate of drug-likeness (QED) is 0.312. The summed E-state index contributed by atoms with van der Waals surface area (Å²) in [4.78, 5) is 30.1. The van der Waals surface area contributed by atoms with Crippen molar-refractivity contribution in [2.75, 3.05) is 60.6 Å². The van der Waals surface area contributed by atoms with E-state index in [0.29, 0.717) is 31.1 Å². The first-order valence-electron chi connectivity index (χ1n) is 11.9. The number of nitrogens with zero attached hydrogens (tertiary/aromatic N) is 3. The zero-order valence-electron chi connectivity index (χ0n) is 21.1. The number of sulfonamides is 1. The maximum absolute atomic E-state index is 13.2. The highest BCUT2D eigenvalue weighted by Gasteiger charge is 2.46. The maximum atomic E-state index is 13.2. The van der Waals surface area contributed by atoms with Crippen LogP contribution in [0.1, 0.15) is 17.2 Å². The number of rotatable bonds is 8. The maximum Gasteiger partial charge on any atom is 0.295 e. The summed E-state index contributed by atoms with van der Waals surface area (Å²) < 4.78 is 36.6. The molecule has 1 amide bonds. The van der Waals surface area contributed by atoms with E-state index >= 15 is 0 Å². The van der Waals surface area contributed by atoms with E-state index in [9.17, 15) is 23.1 Å². The van der Waals surface area contributed by atoms with Gasteiger partial charge in [0.2, 0.25) is 10.0 Å². The molecule has 2 saturated heterocycles. The summed E-state index contributed by atoms with van der Waals surface area (Å²) in [7, 11) is 0.735. The van der Waals surface area contributed by atoms with Crippen LogP contribution in [-0.4, -0.2) is 99.9 Å². The fraction of sp³-hybridized carbons (Fsp3) is 0.385. The second-order valence-corrected chi connectivity index (χ2v) is 11.2. The van der Waals surface area contributed by atoms with Gasteiger partial charge in [0.15, 0.2) is 0 Å². The average Bonchev–Trinajstić information content (AvgIpc) is 3.17. The molecule has 37 heavy (non-hydrogen) atoms. The van der Waals surface area contributed by atoms with Crippen LogP contribution in [0.2, 0.25) is 0 Å². The van der Waals surface area contributed by atoms with E-state index in [2.05, 4.69) is 4.90 Å². The molecule has 2 aromatic carbocycles. The minimum atomic E-state index is -3.66. The molecule has 4 rings (SSSR count). The number of likely N-dealkylation sites (tertiary alicyclic amines) is 1. The molecule has 11 heteroatoms. The van der Waals surface area contributed by atoms with Gasteiger partial charge in [0.1, 0.15) is 11.5 Å². The SMILES string of the molecule is COc1ccc([C@@H]2C(=C(O)c3ccc(S(=O)(=O)N(C)C)cc3)C(=O)C(=O)N2CCN2CCOCC2)cc1. The Balaban J connectivity index is 1.73. The number of carbonyl (C=O) groups is 2. The van der Waals surface area contributed by atoms with Crippen molar-refractivity contribution < 1.29 is 32.6 Å². The van der Waals surface area contributed by atoms with Gasteiger partial charge in [0.25, 0.3) is 11.7 Å². The monoisotopic (exact) mass is 529 g/mol. The number of hydrogen-bond acceptors (Lipinski definition) is 8. The van der Waals surface area contributed by atoms with Crippen molar-refractivity contribution in [2.45, 2.75) is 10.9 Å². The third-order valence-electron chi connectivity index (χ3n) is 6.64. The zero-order valence-corrected chi connectivity index (χ0v) is 21.9. The van der Waals surface area contributed by atoms with Gasteiger partial charge in [-0.15, -0.1) is 0 Å². The van der Waals surface area contributed by atoms with Crippen LogP contribution in [0.5, 0.6) is 5.75 Å². The number of benzene rings is 2. The summed E-state index contributed by atoms with van der Waals surface area (Å²) in [6.07, 6.45) is 0. The second-order valence-electron chi connectivity index (χ2n) is 9.03. The molecule has 0 aromatic heterocycles. The molecule has 0 bridgehead atoms. The molecule has 0 radical (unpaired) electrons. The van der Waals surface area contributed by atoms with Crippen molar-refractivity contribution in [2.24, 2.45) is 0 Å². The molecule has 1 atom stereocenters. The number of hydrogen-bond donors (Lipinski definition) is 1. The predicted octanol–water partition coefficient (Wildman–Crippen LogP) is 1.70. The number of methoxy groups -OCH3 is 1. The Morgan fingerprint density at radius 3 is 2.22 bits per heavy atom. The third-order valence-corrected chi connectivity index (χ3v) is 8.47. The molecule has 2 aromatic rings. The number of aliphatic hydroxyl groups is 1. The first kappa shape index (κ1) is 26.8. The highest BCUT2D eigenvalue weighted by molar-refractivity contribution is 7.89. The Morgan fingerprint density at radius 2 is 1.65 bits per heavy atom. The van der Waals surface area contributed by atoms with Gasteiger partial charge in [-0.2, -0.15) is 0 Å². The lowest BCUT2D eigenvalue weighted by molar-refractivity contribution is -0.140. The van der Waals surface area contributed by atoms with Gasteiger partial charge < -0.3 is 19.5 Å². The molecule has 1 N–H and O–H groups in total. The van der Waals surface area contributed by atoms with Gasteiger partial charge in [-0.1, -0.05) is 12.1 Å². The van der Waals surface area contributed by atoms with Gasteiger partial charge in [-0.3, -0.25) is 14.5 Å². The van der Waals surface area contributed by atoms with Crippen LogP contribution in [0, 0.1) is 0 Å². The van der Waals surface area contributed by atoms with Gasteiger partial charge >= 0.3 is 0 Å². The Bertz CT molecular complexity index is 1280. The first-order chi connectivity index (χ1) is 17.6. The predicted molar refractivity (Wildman–Crippen MR) is 137 cm³/mol. The zero-order chi connectivity index (χ0) is 26.7. The Kier molecular flexibility index (Phi) is 7.98. The summed E-state index contributed by atoms with van der Waals surface area (Å²) in [6.45, 7) is 3.54. The first-order valence-corrected chi connectivity index (χ1v) is 13.3. The number of ether oxygens (including phenoxy) is 2. The van der Waals surface area contributed by atoms with E-state index in [1.165, 1.54) is 43.3 Å². The summed E-state index contributed by atoms with van der Waals surface area (Å²) in [5.41, 5.74) is 0.845. The van der Waals surface area contributed by atoms with Gasteiger partial charge in [-0.05, 0) is 42.0 Å². The van der Waals surface area contributed by atoms with Crippen LogP contribution >= 0.6 is 0 Å². The van der Waals surface area contributed by atoms with E-state index in [0.717, 1.165) is 17.4 Å². The molecular weight excluding hydrogens is 498 g/mol. The molecule has 2 fully saturated rings. The number of ketones is 1. The lowest BCUT2D eigenvalue weighted by atomic mass is 9.95. The molecule has 10 nitrogen and oxygen atoms in total. The Labute approximate surface area is 216 Å². The summed E-state index contributed by atoms with van der Waals surface area (Å²) >= 11 is 0. The standard InChI is InChI=1S/C26H31N3O7S/c1-27(2)37(33,34)21-10-6-19(7-11-21)24(30)22-23(18-4-8-20(35-3)9-5-18)29(26(32)25(22)31)13-12-28-14-16-36-17-15-28/h4-11,23,30H,12-17H2,1-3H3/t23-/m1/s1. The number of Topliss-reactive ketones (excluding diaryl/α,β-unsaturated/α-hetero) is 1. The molecular formula is C26H31N3O7S. The largest absolute Gasteiger partial charge is 0.507 e. The van der Waals surface area contributed by atoms with Crippen molar-refractivity contribution in [3.63, 3.8) is 0 Å². The molecule has 2 aliphatic rings. The van der Waals surface area contributed by atoms with Crippen molar-refractivity contribution in [1.29, 1.82) is 0 Å². The Morgan fingerprint density at radius 1 is 1.03 bits per heavy atom. The number of aliphatic hydroxyl groups excluding tert-OH is 1. The number of amides is 1. The van der Waals surface area contributed by atoms with E-state index in [4.69, 9.17) is 9.47 Å². The molecule has 0 unspecified atom stereocenters. The molecule has 0 aliphatic carbocycles. The molecule has 2 heterocycles. The molecule has 2 aliphatic heterocycles. The summed E-state index contributed by atoms with van der Waals surface area (Å²) in [6, 6.07) is 11.8. The van der Waals surface area contributed by atoms with Gasteiger partial charge in [0.05, 0.1) is 36.8 Å². The van der Waals surface area contributed by atoms with E-state index in [1.807, 2.05) is 0 Å². The van der Waals surface area contributed by atoms with Crippen LogP contribution in [0.4, 0.5) is 0 Å². The normalized spacial score (nSPS) is 20.5. The smallest absolute Gasteiger partial charge is 0.295 e. The van der Waals surface area contributed by atoms with E-state index in [-0.39, 0.29) is 28.3 Å². The third kappa shape index (κ3) is 5.40. The van der Waals surface area contributed by atoms with Crippen molar-refractivity contribution in [3.05, 3.63) is 65.2 Å². The fourth-order valence-electron chi connectivity index (χ4n) is 4.47.